The van der Waals surface area contributed by atoms with Crippen molar-refractivity contribution in [1.29, 1.82) is 0 Å². The van der Waals surface area contributed by atoms with E-state index in [-0.39, 0.29) is 19.4 Å². The predicted octanol–water partition coefficient (Wildman–Crippen LogP) is 0.582. The van der Waals surface area contributed by atoms with E-state index in [0.717, 1.165) is 0 Å². The highest BCUT2D eigenvalue weighted by Crippen LogP contribution is 2.11. The van der Waals surface area contributed by atoms with E-state index in [9.17, 15) is 4.39 Å². The van der Waals surface area contributed by atoms with Gasteiger partial charge in [-0.15, -0.1) is 0 Å². The Balaban J connectivity index is 2.94. The molecule has 0 spiro atoms. The lowest BCUT2D eigenvalue weighted by molar-refractivity contribution is 0.243. The summed E-state index contributed by atoms with van der Waals surface area (Å²) < 4.78 is 18.1. The highest BCUT2D eigenvalue weighted by atomic mass is 19.1. The second kappa shape index (κ2) is 4.28. The zero-order valence-corrected chi connectivity index (χ0v) is 7.75. The molecule has 0 amide bonds. The maximum atomic E-state index is 12.8. The number of ether oxygens (including phenoxy) is 1. The van der Waals surface area contributed by atoms with Crippen molar-refractivity contribution in [3.63, 3.8) is 0 Å². The Labute approximate surface area is 77.6 Å². The summed E-state index contributed by atoms with van der Waals surface area (Å²) in [5, 5.41) is 8.92. The van der Waals surface area contributed by atoms with Gasteiger partial charge in [0.1, 0.15) is 11.6 Å². The van der Waals surface area contributed by atoms with Crippen LogP contribution in [0.2, 0.25) is 0 Å². The molecule has 4 heteroatoms. The van der Waals surface area contributed by atoms with Crippen LogP contribution < -0.4 is 10.2 Å². The molecule has 0 aromatic heterocycles. The third-order valence-corrected chi connectivity index (χ3v) is 1.56. The van der Waals surface area contributed by atoms with Crippen LogP contribution in [-0.2, 0) is 0 Å². The predicted molar refractivity (Wildman–Crippen MR) is 51.2 cm³/mol. The molecule has 0 heterocycles. The average molecular weight is 182 g/mol. The number of rotatable bonds is 3. The summed E-state index contributed by atoms with van der Waals surface area (Å²) in [6.07, 6.45) is -0.0212. The van der Waals surface area contributed by atoms with Crippen LogP contribution in [0.5, 0.6) is 5.75 Å². The molecule has 0 aliphatic heterocycles. The zero-order valence-electron chi connectivity index (χ0n) is 7.75. The molecule has 2 nitrogen and oxygen atoms in total. The second-order valence-corrected chi connectivity index (χ2v) is 3.08. The molecule has 0 unspecified atom stereocenters. The van der Waals surface area contributed by atoms with Gasteiger partial charge >= 0.3 is 7.48 Å². The lowest BCUT2D eigenvalue weighted by Gasteiger charge is -2.12. The average Bonchev–Trinajstić information content (AvgIpc) is 2.03. The maximum absolute atomic E-state index is 12.8. The Morgan fingerprint density at radius 2 is 2.15 bits per heavy atom. The number of hydrogen-bond acceptors (Lipinski definition) is 2. The van der Waals surface area contributed by atoms with Crippen LogP contribution in [-0.4, -0.2) is 18.6 Å². The van der Waals surface area contributed by atoms with E-state index in [4.69, 9.17) is 9.76 Å². The third-order valence-electron chi connectivity index (χ3n) is 1.56. The normalized spacial score (nSPS) is 10.2. The topological polar surface area (TPSA) is 29.5 Å². The van der Waals surface area contributed by atoms with Crippen molar-refractivity contribution in [1.82, 2.24) is 0 Å². The SMILES string of the molecule is CC(C)Oc1cc(F)ccc1BO. The molecule has 1 aromatic rings. The fourth-order valence-corrected chi connectivity index (χ4v) is 1.02. The van der Waals surface area contributed by atoms with Crippen molar-refractivity contribution in [2.75, 3.05) is 0 Å². The molecular formula is C9H12BFO2. The van der Waals surface area contributed by atoms with Crippen molar-refractivity contribution in [3.8, 4) is 5.75 Å². The molecule has 13 heavy (non-hydrogen) atoms. The van der Waals surface area contributed by atoms with Crippen LogP contribution in [0.25, 0.3) is 0 Å². The fourth-order valence-electron chi connectivity index (χ4n) is 1.02. The first-order chi connectivity index (χ1) is 6.13. The summed E-state index contributed by atoms with van der Waals surface area (Å²) in [6, 6.07) is 4.11. The first-order valence-corrected chi connectivity index (χ1v) is 4.19. The van der Waals surface area contributed by atoms with Gasteiger partial charge in [-0.05, 0) is 25.4 Å². The summed E-state index contributed by atoms with van der Waals surface area (Å²) >= 11 is 0. The molecule has 0 fully saturated rings. The Kier molecular flexibility index (Phi) is 3.31. The summed E-state index contributed by atoms with van der Waals surface area (Å²) in [7, 11) is -0.137. The van der Waals surface area contributed by atoms with Gasteiger partial charge in [-0.3, -0.25) is 0 Å². The smallest absolute Gasteiger partial charge is 0.308 e. The molecule has 0 saturated carbocycles. The highest BCUT2D eigenvalue weighted by molar-refractivity contribution is 6.46. The third kappa shape index (κ3) is 2.74. The van der Waals surface area contributed by atoms with Crippen LogP contribution in [0, 0.1) is 5.82 Å². The Morgan fingerprint density at radius 1 is 1.46 bits per heavy atom. The van der Waals surface area contributed by atoms with E-state index in [1.54, 1.807) is 0 Å². The molecule has 1 aromatic carbocycles. The van der Waals surface area contributed by atoms with Crippen LogP contribution in [0.3, 0.4) is 0 Å². The molecule has 0 aliphatic rings. The molecule has 0 aliphatic carbocycles. The molecule has 70 valence electrons. The minimum Gasteiger partial charge on any atom is -0.491 e. The van der Waals surface area contributed by atoms with Crippen molar-refractivity contribution in [3.05, 3.63) is 24.0 Å². The van der Waals surface area contributed by atoms with Gasteiger partial charge in [0, 0.05) is 6.07 Å². The Bertz CT molecular complexity index is 289. The van der Waals surface area contributed by atoms with Gasteiger partial charge in [0.05, 0.1) is 6.10 Å². The van der Waals surface area contributed by atoms with E-state index >= 15 is 0 Å². The monoisotopic (exact) mass is 182 g/mol. The first kappa shape index (κ1) is 10.1. The quantitative estimate of drug-likeness (QED) is 0.693. The largest absolute Gasteiger partial charge is 0.491 e. The van der Waals surface area contributed by atoms with E-state index in [1.165, 1.54) is 18.2 Å². The Morgan fingerprint density at radius 3 is 2.69 bits per heavy atom. The lowest BCUT2D eigenvalue weighted by atomic mass is 9.88. The van der Waals surface area contributed by atoms with Gasteiger partial charge in [-0.25, -0.2) is 4.39 Å². The second-order valence-electron chi connectivity index (χ2n) is 3.08. The van der Waals surface area contributed by atoms with Gasteiger partial charge in [-0.2, -0.15) is 0 Å². The summed E-state index contributed by atoms with van der Waals surface area (Å²) in [4.78, 5) is 0. The van der Waals surface area contributed by atoms with Gasteiger partial charge in [0.15, 0.2) is 0 Å². The van der Waals surface area contributed by atoms with Crippen LogP contribution >= 0.6 is 0 Å². The number of halogens is 1. The molecule has 1 rings (SSSR count). The molecule has 0 atom stereocenters. The minimum atomic E-state index is -0.354. The highest BCUT2D eigenvalue weighted by Gasteiger charge is 2.06. The zero-order chi connectivity index (χ0) is 9.84. The maximum Gasteiger partial charge on any atom is 0.308 e. The molecule has 1 N–H and O–H groups in total. The van der Waals surface area contributed by atoms with Gasteiger partial charge in [-0.1, -0.05) is 6.07 Å². The van der Waals surface area contributed by atoms with Gasteiger partial charge in [0.2, 0.25) is 0 Å². The fraction of sp³-hybridized carbons (Fsp3) is 0.333. The van der Waals surface area contributed by atoms with Crippen molar-refractivity contribution >= 4 is 12.9 Å². The molecular weight excluding hydrogens is 170 g/mol. The van der Waals surface area contributed by atoms with Crippen molar-refractivity contribution in [2.45, 2.75) is 20.0 Å². The van der Waals surface area contributed by atoms with Crippen LogP contribution in [0.15, 0.2) is 18.2 Å². The van der Waals surface area contributed by atoms with Crippen molar-refractivity contribution < 1.29 is 14.2 Å². The summed E-state index contributed by atoms with van der Waals surface area (Å²) in [6.45, 7) is 3.71. The molecule has 0 saturated heterocycles. The van der Waals surface area contributed by atoms with E-state index < -0.39 is 0 Å². The number of hydrogen-bond donors (Lipinski definition) is 1. The van der Waals surface area contributed by atoms with Gasteiger partial charge in [0.25, 0.3) is 0 Å². The summed E-state index contributed by atoms with van der Waals surface area (Å²) in [5.41, 5.74) is 0.607. The lowest BCUT2D eigenvalue weighted by Crippen LogP contribution is -2.20. The van der Waals surface area contributed by atoms with Crippen LogP contribution in [0.1, 0.15) is 13.8 Å². The van der Waals surface area contributed by atoms with Crippen molar-refractivity contribution in [2.24, 2.45) is 0 Å². The van der Waals surface area contributed by atoms with E-state index in [2.05, 4.69) is 0 Å². The molecule has 0 radical (unpaired) electrons. The van der Waals surface area contributed by atoms with E-state index in [1.807, 2.05) is 13.8 Å². The standard InChI is InChI=1S/C9H12BFO2/c1-6(2)13-9-5-7(11)3-4-8(9)10-12/h3-6,10,12H,1-2H3. The van der Waals surface area contributed by atoms with Gasteiger partial charge < -0.3 is 9.76 Å². The first-order valence-electron chi connectivity index (χ1n) is 4.19. The van der Waals surface area contributed by atoms with E-state index in [0.29, 0.717) is 11.2 Å². The summed E-state index contributed by atoms with van der Waals surface area (Å²) in [5.74, 6) is 0.0605. The minimum absolute atomic E-state index is 0.0212. The van der Waals surface area contributed by atoms with Crippen LogP contribution in [0.4, 0.5) is 4.39 Å². The Hall–Kier alpha value is -1.03. The number of benzene rings is 1. The molecule has 0 bridgehead atoms.